The standard InChI is InChI=1S/C21H15BrN2S.BrH/c22-17-11-13-18(14-12-17)23-21-24(19-9-5-2-6-10-19)20(15-25-21)16-7-3-1-4-8-16;/h1-15H;1H/p-1. The lowest BCUT2D eigenvalue weighted by Gasteiger charge is -2.09. The lowest BCUT2D eigenvalue weighted by molar-refractivity contribution is -0.00000474. The Hall–Kier alpha value is -1.95. The lowest BCUT2D eigenvalue weighted by atomic mass is 10.1. The van der Waals surface area contributed by atoms with Crippen LogP contribution in [0, 0.1) is 0 Å². The molecule has 0 amide bonds. The monoisotopic (exact) mass is 485 g/mol. The van der Waals surface area contributed by atoms with Crippen LogP contribution >= 0.6 is 27.3 Å². The van der Waals surface area contributed by atoms with Gasteiger partial charge in [-0.3, -0.25) is 4.57 Å². The molecule has 5 heteroatoms. The Labute approximate surface area is 175 Å². The summed E-state index contributed by atoms with van der Waals surface area (Å²) in [6, 6.07) is 28.8. The zero-order valence-electron chi connectivity index (χ0n) is 13.7. The Morgan fingerprint density at radius 1 is 0.769 bits per heavy atom. The number of thiazole rings is 1. The predicted octanol–water partition coefficient (Wildman–Crippen LogP) is 3.20. The topological polar surface area (TPSA) is 17.3 Å². The smallest absolute Gasteiger partial charge is 0.195 e. The van der Waals surface area contributed by atoms with E-state index in [9.17, 15) is 0 Å². The highest BCUT2D eigenvalue weighted by molar-refractivity contribution is 9.10. The second kappa shape index (κ2) is 8.62. The summed E-state index contributed by atoms with van der Waals surface area (Å²) in [5.74, 6) is 0. The molecule has 0 radical (unpaired) electrons. The SMILES string of the molecule is Brc1ccc(N=c2scc(-c3ccccc3)n2-c2ccccc2)cc1.[Br-]. The minimum absolute atomic E-state index is 0. The molecular weight excluding hydrogens is 472 g/mol. The van der Waals surface area contributed by atoms with E-state index >= 15 is 0 Å². The normalized spacial score (nSPS) is 11.2. The van der Waals surface area contributed by atoms with E-state index in [1.165, 1.54) is 5.56 Å². The van der Waals surface area contributed by atoms with Crippen LogP contribution in [-0.2, 0) is 0 Å². The molecule has 0 aliphatic heterocycles. The molecule has 0 unspecified atom stereocenters. The van der Waals surface area contributed by atoms with Gasteiger partial charge in [-0.2, -0.15) is 0 Å². The quantitative estimate of drug-likeness (QED) is 0.423. The van der Waals surface area contributed by atoms with E-state index < -0.39 is 0 Å². The third-order valence-corrected chi connectivity index (χ3v) is 5.20. The minimum Gasteiger partial charge on any atom is -1.00 e. The summed E-state index contributed by atoms with van der Waals surface area (Å²) < 4.78 is 3.26. The van der Waals surface area contributed by atoms with Crippen molar-refractivity contribution < 1.29 is 17.0 Å². The van der Waals surface area contributed by atoms with Crippen molar-refractivity contribution in [2.24, 2.45) is 4.99 Å². The van der Waals surface area contributed by atoms with Gasteiger partial charge < -0.3 is 17.0 Å². The second-order valence-electron chi connectivity index (χ2n) is 5.53. The molecule has 0 saturated carbocycles. The number of aromatic nitrogens is 1. The summed E-state index contributed by atoms with van der Waals surface area (Å²) in [6.07, 6.45) is 0. The Kier molecular flexibility index (Phi) is 6.25. The maximum Gasteiger partial charge on any atom is 0.195 e. The lowest BCUT2D eigenvalue weighted by Crippen LogP contribution is -3.00. The number of halogens is 2. The molecular formula is C21H15Br2N2S-. The van der Waals surface area contributed by atoms with Crippen molar-refractivity contribution in [1.29, 1.82) is 0 Å². The van der Waals surface area contributed by atoms with Gasteiger partial charge in [0, 0.05) is 15.5 Å². The molecule has 4 rings (SSSR count). The molecule has 130 valence electrons. The van der Waals surface area contributed by atoms with Crippen LogP contribution < -0.4 is 21.8 Å². The fraction of sp³-hybridized carbons (Fsp3) is 0. The van der Waals surface area contributed by atoms with E-state index in [0.29, 0.717) is 0 Å². The van der Waals surface area contributed by atoms with E-state index in [1.807, 2.05) is 36.4 Å². The first-order valence-electron chi connectivity index (χ1n) is 7.93. The molecule has 0 N–H and O–H groups in total. The van der Waals surface area contributed by atoms with Gasteiger partial charge in [-0.15, -0.1) is 11.3 Å². The first-order chi connectivity index (χ1) is 12.3. The van der Waals surface area contributed by atoms with Gasteiger partial charge >= 0.3 is 0 Å². The van der Waals surface area contributed by atoms with Crippen LogP contribution in [0.25, 0.3) is 16.9 Å². The maximum absolute atomic E-state index is 4.87. The zero-order valence-corrected chi connectivity index (χ0v) is 17.7. The van der Waals surface area contributed by atoms with E-state index in [4.69, 9.17) is 4.99 Å². The van der Waals surface area contributed by atoms with Crippen LogP contribution in [0.2, 0.25) is 0 Å². The van der Waals surface area contributed by atoms with Crippen LogP contribution in [0.4, 0.5) is 5.69 Å². The van der Waals surface area contributed by atoms with E-state index in [2.05, 4.69) is 74.4 Å². The van der Waals surface area contributed by atoms with Crippen molar-refractivity contribution in [3.8, 4) is 16.9 Å². The van der Waals surface area contributed by atoms with Crippen molar-refractivity contribution in [3.63, 3.8) is 0 Å². The molecule has 4 aromatic rings. The summed E-state index contributed by atoms with van der Waals surface area (Å²) in [5.41, 5.74) is 4.38. The summed E-state index contributed by atoms with van der Waals surface area (Å²) in [7, 11) is 0. The molecule has 0 atom stereocenters. The fourth-order valence-corrected chi connectivity index (χ4v) is 3.84. The first kappa shape index (κ1) is 18.8. The van der Waals surface area contributed by atoms with Gasteiger partial charge in [-0.25, -0.2) is 4.99 Å². The number of benzene rings is 3. The first-order valence-corrected chi connectivity index (χ1v) is 9.60. The molecule has 2 nitrogen and oxygen atoms in total. The maximum atomic E-state index is 4.87. The van der Waals surface area contributed by atoms with Gasteiger partial charge in [0.25, 0.3) is 0 Å². The highest BCUT2D eigenvalue weighted by atomic mass is 79.9. The van der Waals surface area contributed by atoms with Crippen LogP contribution in [0.15, 0.2) is 99.8 Å². The number of rotatable bonds is 3. The minimum atomic E-state index is 0. The summed E-state index contributed by atoms with van der Waals surface area (Å²) >= 11 is 5.12. The molecule has 0 aliphatic rings. The Morgan fingerprint density at radius 3 is 2.04 bits per heavy atom. The number of nitrogens with zero attached hydrogens (tertiary/aromatic N) is 2. The van der Waals surface area contributed by atoms with Crippen LogP contribution in [-0.4, -0.2) is 4.57 Å². The highest BCUT2D eigenvalue weighted by Gasteiger charge is 2.09. The molecule has 26 heavy (non-hydrogen) atoms. The average Bonchev–Trinajstić information content (AvgIpc) is 3.08. The van der Waals surface area contributed by atoms with Gasteiger partial charge in [-0.05, 0) is 42.0 Å². The Balaban J connectivity index is 0.00000196. The molecule has 3 aromatic carbocycles. The number of para-hydroxylation sites is 1. The van der Waals surface area contributed by atoms with E-state index in [1.54, 1.807) is 11.3 Å². The van der Waals surface area contributed by atoms with E-state index in [-0.39, 0.29) is 17.0 Å². The molecule has 0 saturated heterocycles. The van der Waals surface area contributed by atoms with Gasteiger partial charge in [-0.1, -0.05) is 64.5 Å². The van der Waals surface area contributed by atoms with Gasteiger partial charge in [0.05, 0.1) is 11.4 Å². The third-order valence-electron chi connectivity index (χ3n) is 3.84. The van der Waals surface area contributed by atoms with Gasteiger partial charge in [0.15, 0.2) is 4.80 Å². The molecule has 0 bridgehead atoms. The largest absolute Gasteiger partial charge is 1.00 e. The van der Waals surface area contributed by atoms with Gasteiger partial charge in [0.2, 0.25) is 0 Å². The fourth-order valence-electron chi connectivity index (χ4n) is 2.65. The van der Waals surface area contributed by atoms with Crippen LogP contribution in [0.5, 0.6) is 0 Å². The van der Waals surface area contributed by atoms with E-state index in [0.717, 1.165) is 26.3 Å². The van der Waals surface area contributed by atoms with Crippen molar-refractivity contribution in [3.05, 3.63) is 99.6 Å². The molecule has 0 fully saturated rings. The third kappa shape index (κ3) is 4.06. The summed E-state index contributed by atoms with van der Waals surface area (Å²) in [5, 5.41) is 2.17. The molecule has 0 spiro atoms. The highest BCUT2D eigenvalue weighted by Crippen LogP contribution is 2.24. The van der Waals surface area contributed by atoms with Crippen molar-refractivity contribution in [2.75, 3.05) is 0 Å². The number of hydrogen-bond donors (Lipinski definition) is 0. The predicted molar refractivity (Wildman–Crippen MR) is 108 cm³/mol. The Morgan fingerprint density at radius 2 is 1.38 bits per heavy atom. The molecule has 1 heterocycles. The summed E-state index contributed by atoms with van der Waals surface area (Å²) in [4.78, 5) is 5.82. The Bertz CT molecular complexity index is 1040. The van der Waals surface area contributed by atoms with Gasteiger partial charge in [0.1, 0.15) is 0 Å². The van der Waals surface area contributed by atoms with Crippen molar-refractivity contribution in [2.45, 2.75) is 0 Å². The van der Waals surface area contributed by atoms with Crippen molar-refractivity contribution in [1.82, 2.24) is 4.57 Å². The number of hydrogen-bond acceptors (Lipinski definition) is 2. The summed E-state index contributed by atoms with van der Waals surface area (Å²) in [6.45, 7) is 0. The van der Waals surface area contributed by atoms with Crippen LogP contribution in [0.3, 0.4) is 0 Å². The molecule has 1 aromatic heterocycles. The molecule has 0 aliphatic carbocycles. The van der Waals surface area contributed by atoms with Crippen LogP contribution in [0.1, 0.15) is 0 Å². The zero-order chi connectivity index (χ0) is 17.1. The average molecular weight is 487 g/mol. The second-order valence-corrected chi connectivity index (χ2v) is 7.28. The van der Waals surface area contributed by atoms with Crippen molar-refractivity contribution >= 4 is 33.0 Å².